The van der Waals surface area contributed by atoms with Crippen LogP contribution >= 0.6 is 11.8 Å². The highest BCUT2D eigenvalue weighted by Gasteiger charge is 2.13. The summed E-state index contributed by atoms with van der Waals surface area (Å²) >= 11 is 1.80. The number of carbonyl (C=O) groups is 1. The number of azo groups is 1. The molecule has 0 atom stereocenters. The molecule has 1 heterocycles. The number of thioether (sulfide) groups is 1. The smallest absolute Gasteiger partial charge is 0.338 e. The van der Waals surface area contributed by atoms with Crippen LogP contribution in [0.25, 0.3) is 0 Å². The normalized spacial score (nSPS) is 12.5. The highest BCUT2D eigenvalue weighted by molar-refractivity contribution is 7.99. The number of ether oxygens (including phenoxy) is 1. The molecule has 0 unspecified atom stereocenters. The number of nitrogens with zero attached hydrogens (tertiary/aromatic N) is 2. The summed E-state index contributed by atoms with van der Waals surface area (Å²) in [4.78, 5) is 11.8. The van der Waals surface area contributed by atoms with Crippen LogP contribution in [0, 0.1) is 0 Å². The molecule has 0 aliphatic carbocycles. The SMILES string of the molecule is CCCSCCOC(=O)c1ccc2c(c1)CN=N2. The molecule has 1 aliphatic rings. The van der Waals surface area contributed by atoms with Crippen molar-refractivity contribution < 1.29 is 9.53 Å². The largest absolute Gasteiger partial charge is 0.461 e. The van der Waals surface area contributed by atoms with Crippen LogP contribution in [-0.4, -0.2) is 24.1 Å². The van der Waals surface area contributed by atoms with E-state index in [1.807, 2.05) is 12.1 Å². The lowest BCUT2D eigenvalue weighted by Crippen LogP contribution is -2.08. The number of fused-ring (bicyclic) bond motifs is 1. The van der Waals surface area contributed by atoms with Crippen molar-refractivity contribution in [3.8, 4) is 0 Å². The summed E-state index contributed by atoms with van der Waals surface area (Å²) in [6, 6.07) is 5.37. The fraction of sp³-hybridized carbons (Fsp3) is 0.462. The fourth-order valence-electron chi connectivity index (χ4n) is 1.65. The second-order valence-corrected chi connectivity index (χ2v) is 5.22. The number of esters is 1. The first-order valence-electron chi connectivity index (χ1n) is 6.06. The molecule has 4 nitrogen and oxygen atoms in total. The average Bonchev–Trinajstić information content (AvgIpc) is 2.85. The van der Waals surface area contributed by atoms with E-state index in [1.54, 1.807) is 17.8 Å². The third-order valence-corrected chi connectivity index (χ3v) is 3.70. The third kappa shape index (κ3) is 3.32. The summed E-state index contributed by atoms with van der Waals surface area (Å²) in [6.07, 6.45) is 1.15. The number of hydrogen-bond acceptors (Lipinski definition) is 5. The Kier molecular flexibility index (Phi) is 4.75. The van der Waals surface area contributed by atoms with Gasteiger partial charge < -0.3 is 4.74 Å². The Morgan fingerprint density at radius 3 is 3.17 bits per heavy atom. The van der Waals surface area contributed by atoms with Gasteiger partial charge in [-0.15, -0.1) is 0 Å². The number of carbonyl (C=O) groups excluding carboxylic acids is 1. The van der Waals surface area contributed by atoms with Crippen LogP contribution in [-0.2, 0) is 11.3 Å². The van der Waals surface area contributed by atoms with Crippen LogP contribution in [0.5, 0.6) is 0 Å². The molecule has 0 amide bonds. The van der Waals surface area contributed by atoms with E-state index in [0.717, 1.165) is 29.2 Å². The first-order valence-corrected chi connectivity index (χ1v) is 7.22. The van der Waals surface area contributed by atoms with Crippen LogP contribution < -0.4 is 0 Å². The number of hydrogen-bond donors (Lipinski definition) is 0. The van der Waals surface area contributed by atoms with Gasteiger partial charge in [0.1, 0.15) is 6.61 Å². The minimum absolute atomic E-state index is 0.262. The second kappa shape index (κ2) is 6.54. The van der Waals surface area contributed by atoms with Crippen molar-refractivity contribution in [3.63, 3.8) is 0 Å². The van der Waals surface area contributed by atoms with Crippen LogP contribution in [0.15, 0.2) is 28.4 Å². The third-order valence-electron chi connectivity index (χ3n) is 2.54. The molecule has 1 aromatic rings. The molecule has 0 saturated carbocycles. The molecular formula is C13H16N2O2S. The maximum atomic E-state index is 11.8. The summed E-state index contributed by atoms with van der Waals surface area (Å²) in [6.45, 7) is 3.16. The van der Waals surface area contributed by atoms with Gasteiger partial charge in [-0.25, -0.2) is 4.79 Å². The zero-order valence-corrected chi connectivity index (χ0v) is 11.2. The van der Waals surface area contributed by atoms with E-state index < -0.39 is 0 Å². The number of benzene rings is 1. The standard InChI is InChI=1S/C13H16N2O2S/c1-2-6-18-7-5-17-13(16)10-3-4-12-11(8-10)9-14-15-12/h3-4,8H,2,5-7,9H2,1H3. The first kappa shape index (κ1) is 13.1. The van der Waals surface area contributed by atoms with E-state index in [1.165, 1.54) is 0 Å². The maximum Gasteiger partial charge on any atom is 0.338 e. The van der Waals surface area contributed by atoms with Crippen LogP contribution in [0.2, 0.25) is 0 Å². The summed E-state index contributed by atoms with van der Waals surface area (Å²) < 4.78 is 5.21. The van der Waals surface area contributed by atoms with Gasteiger partial charge in [0.25, 0.3) is 0 Å². The molecule has 18 heavy (non-hydrogen) atoms. The molecule has 0 bridgehead atoms. The van der Waals surface area contributed by atoms with Crippen molar-refractivity contribution in [2.45, 2.75) is 19.9 Å². The summed E-state index contributed by atoms with van der Waals surface area (Å²) in [5, 5.41) is 7.88. The van der Waals surface area contributed by atoms with Gasteiger partial charge in [-0.05, 0) is 30.4 Å². The van der Waals surface area contributed by atoms with Crippen molar-refractivity contribution in [1.82, 2.24) is 0 Å². The Morgan fingerprint density at radius 1 is 1.44 bits per heavy atom. The highest BCUT2D eigenvalue weighted by Crippen LogP contribution is 2.27. The number of rotatable bonds is 6. The van der Waals surface area contributed by atoms with Crippen LogP contribution in [0.1, 0.15) is 29.3 Å². The minimum Gasteiger partial charge on any atom is -0.461 e. The van der Waals surface area contributed by atoms with E-state index in [-0.39, 0.29) is 5.97 Å². The van der Waals surface area contributed by atoms with Gasteiger partial charge in [0.2, 0.25) is 0 Å². The molecule has 0 radical (unpaired) electrons. The van der Waals surface area contributed by atoms with E-state index in [0.29, 0.717) is 18.7 Å². The van der Waals surface area contributed by atoms with Crippen molar-refractivity contribution >= 4 is 23.4 Å². The molecular weight excluding hydrogens is 248 g/mol. The molecule has 96 valence electrons. The van der Waals surface area contributed by atoms with Crippen LogP contribution in [0.3, 0.4) is 0 Å². The molecule has 0 N–H and O–H groups in total. The predicted molar refractivity (Wildman–Crippen MR) is 72.6 cm³/mol. The summed E-state index contributed by atoms with van der Waals surface area (Å²) in [5.74, 6) is 1.70. The second-order valence-electron chi connectivity index (χ2n) is 3.99. The Morgan fingerprint density at radius 2 is 2.33 bits per heavy atom. The summed E-state index contributed by atoms with van der Waals surface area (Å²) in [7, 11) is 0. The lowest BCUT2D eigenvalue weighted by molar-refractivity contribution is 0.0530. The monoisotopic (exact) mass is 264 g/mol. The lowest BCUT2D eigenvalue weighted by atomic mass is 10.1. The molecule has 5 heteroatoms. The van der Waals surface area contributed by atoms with E-state index in [9.17, 15) is 4.79 Å². The van der Waals surface area contributed by atoms with E-state index in [4.69, 9.17) is 4.74 Å². The first-order chi connectivity index (χ1) is 8.81. The van der Waals surface area contributed by atoms with Gasteiger partial charge in [0.05, 0.1) is 17.8 Å². The van der Waals surface area contributed by atoms with Crippen LogP contribution in [0.4, 0.5) is 5.69 Å². The summed E-state index contributed by atoms with van der Waals surface area (Å²) in [5.41, 5.74) is 2.43. The Balaban J connectivity index is 1.82. The van der Waals surface area contributed by atoms with Gasteiger partial charge in [0, 0.05) is 11.3 Å². The van der Waals surface area contributed by atoms with Crippen molar-refractivity contribution in [3.05, 3.63) is 29.3 Å². The topological polar surface area (TPSA) is 51.0 Å². The minimum atomic E-state index is -0.262. The zero-order chi connectivity index (χ0) is 12.8. The molecule has 0 spiro atoms. The van der Waals surface area contributed by atoms with Crippen molar-refractivity contribution in [2.24, 2.45) is 10.2 Å². The Hall–Kier alpha value is -1.36. The fourth-order valence-corrected chi connectivity index (χ4v) is 2.34. The molecule has 2 rings (SSSR count). The van der Waals surface area contributed by atoms with Gasteiger partial charge in [0.15, 0.2) is 0 Å². The maximum absolute atomic E-state index is 11.8. The lowest BCUT2D eigenvalue weighted by Gasteiger charge is -2.05. The Bertz CT molecular complexity index is 460. The van der Waals surface area contributed by atoms with E-state index in [2.05, 4.69) is 17.2 Å². The molecule has 1 aromatic carbocycles. The molecule has 0 saturated heterocycles. The van der Waals surface area contributed by atoms with Gasteiger partial charge >= 0.3 is 5.97 Å². The average molecular weight is 264 g/mol. The van der Waals surface area contributed by atoms with Gasteiger partial charge in [-0.2, -0.15) is 22.0 Å². The van der Waals surface area contributed by atoms with Gasteiger partial charge in [-0.3, -0.25) is 0 Å². The quantitative estimate of drug-likeness (QED) is 0.583. The van der Waals surface area contributed by atoms with Crippen molar-refractivity contribution in [1.29, 1.82) is 0 Å². The van der Waals surface area contributed by atoms with E-state index >= 15 is 0 Å². The highest BCUT2D eigenvalue weighted by atomic mass is 32.2. The Labute approximate surface area is 111 Å². The molecule has 1 aliphatic heterocycles. The van der Waals surface area contributed by atoms with Gasteiger partial charge in [-0.1, -0.05) is 6.92 Å². The predicted octanol–water partition coefficient (Wildman–Crippen LogP) is 3.58. The van der Waals surface area contributed by atoms with Crippen molar-refractivity contribution in [2.75, 3.05) is 18.1 Å². The molecule has 0 fully saturated rings. The zero-order valence-electron chi connectivity index (χ0n) is 10.4. The molecule has 0 aromatic heterocycles.